The molecule has 1 fully saturated rings. The highest BCUT2D eigenvalue weighted by Gasteiger charge is 2.34. The van der Waals surface area contributed by atoms with E-state index in [1.165, 1.54) is 0 Å². The fourth-order valence-corrected chi connectivity index (χ4v) is 3.18. The van der Waals surface area contributed by atoms with Crippen LogP contribution >= 0.6 is 0 Å². The maximum absolute atomic E-state index is 12.3. The summed E-state index contributed by atoms with van der Waals surface area (Å²) in [6.45, 7) is 10.8. The molecule has 3 heteroatoms. The van der Waals surface area contributed by atoms with E-state index in [-0.39, 0.29) is 11.8 Å². The molecule has 0 aliphatic heterocycles. The zero-order chi connectivity index (χ0) is 14.8. The lowest BCUT2D eigenvalue weighted by Crippen LogP contribution is -2.43. The minimum Gasteiger partial charge on any atom is -0.389 e. The van der Waals surface area contributed by atoms with Gasteiger partial charge in [0.15, 0.2) is 0 Å². The van der Waals surface area contributed by atoms with Crippen molar-refractivity contribution in [2.24, 2.45) is 17.3 Å². The molecule has 1 aliphatic carbocycles. The van der Waals surface area contributed by atoms with Crippen LogP contribution in [-0.4, -0.2) is 35.1 Å². The molecule has 0 saturated heterocycles. The standard InChI is InChI=1S/C16H31NO2/c1-15(2,3)13-9-7-12(8-10-13)14(18)17(6)11-16(4,5)19/h12-13,19H,7-11H2,1-6H3. The van der Waals surface area contributed by atoms with Gasteiger partial charge in [0.05, 0.1) is 5.60 Å². The molecule has 112 valence electrons. The summed E-state index contributed by atoms with van der Waals surface area (Å²) in [5.74, 6) is 1.09. The van der Waals surface area contributed by atoms with E-state index in [4.69, 9.17) is 0 Å². The predicted molar refractivity (Wildman–Crippen MR) is 78.8 cm³/mol. The second-order valence-corrected chi connectivity index (χ2v) is 7.92. The van der Waals surface area contributed by atoms with Crippen molar-refractivity contribution >= 4 is 5.91 Å². The number of likely N-dealkylation sites (N-methyl/N-ethyl adjacent to an activating group) is 1. The molecule has 3 nitrogen and oxygen atoms in total. The first-order valence-electron chi connectivity index (χ1n) is 7.48. The van der Waals surface area contributed by atoms with Crippen LogP contribution in [0.25, 0.3) is 0 Å². The van der Waals surface area contributed by atoms with Crippen molar-refractivity contribution in [2.45, 2.75) is 65.9 Å². The minimum absolute atomic E-state index is 0.158. The molecule has 19 heavy (non-hydrogen) atoms. The number of rotatable bonds is 3. The van der Waals surface area contributed by atoms with Crippen LogP contribution in [0.4, 0.5) is 0 Å². The number of hydrogen-bond acceptors (Lipinski definition) is 2. The third kappa shape index (κ3) is 5.13. The summed E-state index contributed by atoms with van der Waals surface area (Å²) < 4.78 is 0. The molecule has 0 aromatic rings. The fraction of sp³-hybridized carbons (Fsp3) is 0.938. The second-order valence-electron chi connectivity index (χ2n) is 7.92. The van der Waals surface area contributed by atoms with Crippen molar-refractivity contribution in [3.05, 3.63) is 0 Å². The van der Waals surface area contributed by atoms with Gasteiger partial charge in [-0.1, -0.05) is 20.8 Å². The van der Waals surface area contributed by atoms with E-state index < -0.39 is 5.60 Å². The first kappa shape index (κ1) is 16.5. The topological polar surface area (TPSA) is 40.5 Å². The van der Waals surface area contributed by atoms with Crippen LogP contribution < -0.4 is 0 Å². The van der Waals surface area contributed by atoms with Crippen molar-refractivity contribution in [3.8, 4) is 0 Å². The SMILES string of the molecule is CN(CC(C)(C)O)C(=O)C1CCC(C(C)(C)C)CC1. The first-order valence-corrected chi connectivity index (χ1v) is 7.48. The predicted octanol–water partition coefficient (Wildman–Crippen LogP) is 3.07. The van der Waals surface area contributed by atoms with Crippen LogP contribution in [0.1, 0.15) is 60.3 Å². The average Bonchev–Trinajstić information content (AvgIpc) is 2.24. The van der Waals surface area contributed by atoms with Crippen molar-refractivity contribution < 1.29 is 9.90 Å². The van der Waals surface area contributed by atoms with Crippen LogP contribution in [0.5, 0.6) is 0 Å². The molecule has 1 N–H and O–H groups in total. The summed E-state index contributed by atoms with van der Waals surface area (Å²) in [4.78, 5) is 14.0. The highest BCUT2D eigenvalue weighted by atomic mass is 16.3. The molecule has 0 unspecified atom stereocenters. The van der Waals surface area contributed by atoms with Crippen LogP contribution in [0.3, 0.4) is 0 Å². The van der Waals surface area contributed by atoms with Crippen LogP contribution in [0.15, 0.2) is 0 Å². The van der Waals surface area contributed by atoms with Crippen molar-refractivity contribution in [3.63, 3.8) is 0 Å². The molecule has 0 aromatic carbocycles. The Hall–Kier alpha value is -0.570. The van der Waals surface area contributed by atoms with Gasteiger partial charge in [-0.05, 0) is 50.9 Å². The highest BCUT2D eigenvalue weighted by molar-refractivity contribution is 5.78. The Labute approximate surface area is 118 Å². The molecular weight excluding hydrogens is 238 g/mol. The zero-order valence-electron chi connectivity index (χ0n) is 13.5. The first-order chi connectivity index (χ1) is 8.50. The fourth-order valence-electron chi connectivity index (χ4n) is 3.18. The molecule has 1 saturated carbocycles. The third-order valence-corrected chi connectivity index (χ3v) is 4.30. The zero-order valence-corrected chi connectivity index (χ0v) is 13.5. The summed E-state index contributed by atoms with van der Waals surface area (Å²) >= 11 is 0. The lowest BCUT2D eigenvalue weighted by molar-refractivity contribution is -0.138. The van der Waals surface area contributed by atoms with Gasteiger partial charge in [-0.2, -0.15) is 0 Å². The number of amides is 1. The lowest BCUT2D eigenvalue weighted by atomic mass is 9.69. The molecular formula is C16H31NO2. The van der Waals surface area contributed by atoms with Gasteiger partial charge >= 0.3 is 0 Å². The van der Waals surface area contributed by atoms with Crippen molar-refractivity contribution in [2.75, 3.05) is 13.6 Å². The van der Waals surface area contributed by atoms with E-state index in [1.54, 1.807) is 25.8 Å². The van der Waals surface area contributed by atoms with Gasteiger partial charge in [0.25, 0.3) is 0 Å². The molecule has 0 heterocycles. The Balaban J connectivity index is 2.49. The Bertz CT molecular complexity index is 304. The van der Waals surface area contributed by atoms with Crippen LogP contribution in [0, 0.1) is 17.3 Å². The van der Waals surface area contributed by atoms with E-state index in [0.717, 1.165) is 31.6 Å². The molecule has 0 bridgehead atoms. The van der Waals surface area contributed by atoms with Gasteiger partial charge in [-0.3, -0.25) is 4.79 Å². The normalized spacial score (nSPS) is 25.2. The van der Waals surface area contributed by atoms with Gasteiger partial charge in [0.1, 0.15) is 0 Å². The Morgan fingerprint density at radius 2 is 1.58 bits per heavy atom. The maximum atomic E-state index is 12.3. The van der Waals surface area contributed by atoms with E-state index in [1.807, 2.05) is 0 Å². The van der Waals surface area contributed by atoms with Crippen LogP contribution in [-0.2, 0) is 4.79 Å². The van der Waals surface area contributed by atoms with Gasteiger partial charge in [0, 0.05) is 19.5 Å². The summed E-state index contributed by atoms with van der Waals surface area (Å²) in [7, 11) is 1.80. The van der Waals surface area contributed by atoms with E-state index in [9.17, 15) is 9.90 Å². The Morgan fingerprint density at radius 3 is 1.95 bits per heavy atom. The molecule has 1 amide bonds. The summed E-state index contributed by atoms with van der Waals surface area (Å²) in [6, 6.07) is 0. The van der Waals surface area contributed by atoms with Crippen LogP contribution in [0.2, 0.25) is 0 Å². The third-order valence-electron chi connectivity index (χ3n) is 4.30. The number of hydrogen-bond donors (Lipinski definition) is 1. The number of carbonyl (C=O) groups is 1. The molecule has 1 aliphatic rings. The Kier molecular flexibility index (Phi) is 5.05. The molecule has 1 rings (SSSR count). The summed E-state index contributed by atoms with van der Waals surface area (Å²) in [5, 5.41) is 9.79. The highest BCUT2D eigenvalue weighted by Crippen LogP contribution is 2.40. The Morgan fingerprint density at radius 1 is 1.11 bits per heavy atom. The van der Waals surface area contributed by atoms with E-state index >= 15 is 0 Å². The summed E-state index contributed by atoms with van der Waals surface area (Å²) in [5.41, 5.74) is -0.458. The lowest BCUT2D eigenvalue weighted by Gasteiger charge is -2.38. The number of aliphatic hydroxyl groups is 1. The number of carbonyl (C=O) groups excluding carboxylic acids is 1. The molecule has 0 aromatic heterocycles. The molecule has 0 atom stereocenters. The van der Waals surface area contributed by atoms with Gasteiger partial charge in [0.2, 0.25) is 5.91 Å². The molecule has 0 spiro atoms. The molecule has 0 radical (unpaired) electrons. The van der Waals surface area contributed by atoms with E-state index in [2.05, 4.69) is 20.8 Å². The van der Waals surface area contributed by atoms with Crippen molar-refractivity contribution in [1.82, 2.24) is 4.90 Å². The smallest absolute Gasteiger partial charge is 0.225 e. The summed E-state index contributed by atoms with van der Waals surface area (Å²) in [6.07, 6.45) is 4.29. The largest absolute Gasteiger partial charge is 0.389 e. The quantitative estimate of drug-likeness (QED) is 0.855. The maximum Gasteiger partial charge on any atom is 0.225 e. The average molecular weight is 269 g/mol. The van der Waals surface area contributed by atoms with Gasteiger partial charge in [-0.25, -0.2) is 0 Å². The van der Waals surface area contributed by atoms with Gasteiger partial charge in [-0.15, -0.1) is 0 Å². The van der Waals surface area contributed by atoms with E-state index in [0.29, 0.717) is 12.0 Å². The van der Waals surface area contributed by atoms with Crippen molar-refractivity contribution in [1.29, 1.82) is 0 Å². The monoisotopic (exact) mass is 269 g/mol. The number of nitrogens with zero attached hydrogens (tertiary/aromatic N) is 1. The van der Waals surface area contributed by atoms with Gasteiger partial charge < -0.3 is 10.0 Å². The minimum atomic E-state index is -0.812. The second kappa shape index (κ2) is 5.82.